The van der Waals surface area contributed by atoms with Crippen molar-refractivity contribution >= 4 is 16.1 Å². The number of carbonyl (C=O) groups is 1. The van der Waals surface area contributed by atoms with Gasteiger partial charge in [0.25, 0.3) is 0 Å². The Balaban J connectivity index is 5.40. The molecular formula is C16H34N2O5S. The molecule has 0 rings (SSSR count). The van der Waals surface area contributed by atoms with Crippen molar-refractivity contribution in [1.82, 2.24) is 9.62 Å². The van der Waals surface area contributed by atoms with Gasteiger partial charge in [0.2, 0.25) is 10.0 Å². The van der Waals surface area contributed by atoms with E-state index in [9.17, 15) is 13.2 Å². The van der Waals surface area contributed by atoms with Gasteiger partial charge in [0.1, 0.15) is 0 Å². The molecule has 7 nitrogen and oxygen atoms in total. The predicted octanol–water partition coefficient (Wildman–Crippen LogP) is 2.22. The van der Waals surface area contributed by atoms with Gasteiger partial charge < -0.3 is 14.8 Å². The lowest BCUT2D eigenvalue weighted by atomic mass is 9.90. The maximum absolute atomic E-state index is 12.3. The van der Waals surface area contributed by atoms with Crippen LogP contribution in [0.1, 0.15) is 48.5 Å². The first-order valence-electron chi connectivity index (χ1n) is 8.03. The van der Waals surface area contributed by atoms with Crippen LogP contribution in [0.3, 0.4) is 0 Å². The van der Waals surface area contributed by atoms with Gasteiger partial charge in [0, 0.05) is 12.1 Å². The van der Waals surface area contributed by atoms with E-state index in [1.54, 1.807) is 0 Å². The molecular weight excluding hydrogens is 332 g/mol. The molecule has 0 bridgehead atoms. The molecule has 144 valence electrons. The zero-order valence-corrected chi connectivity index (χ0v) is 17.3. The number of nitrogens with zero attached hydrogens (tertiary/aromatic N) is 1. The van der Waals surface area contributed by atoms with Gasteiger partial charge in [0.15, 0.2) is 0 Å². The maximum atomic E-state index is 12.3. The van der Waals surface area contributed by atoms with E-state index < -0.39 is 27.7 Å². The van der Waals surface area contributed by atoms with Gasteiger partial charge in [-0.15, -0.1) is 0 Å². The lowest BCUT2D eigenvalue weighted by Crippen LogP contribution is -2.57. The highest BCUT2D eigenvalue weighted by molar-refractivity contribution is 7.88. The number of rotatable bonds is 7. The fourth-order valence-corrected chi connectivity index (χ4v) is 3.98. The monoisotopic (exact) mass is 366 g/mol. The van der Waals surface area contributed by atoms with Gasteiger partial charge in [-0.2, -0.15) is 4.31 Å². The van der Waals surface area contributed by atoms with Crippen molar-refractivity contribution < 1.29 is 22.7 Å². The Morgan fingerprint density at radius 3 is 2.00 bits per heavy atom. The number of ether oxygens (including phenoxy) is 2. The van der Waals surface area contributed by atoms with Gasteiger partial charge in [-0.3, -0.25) is 0 Å². The van der Waals surface area contributed by atoms with Crippen molar-refractivity contribution in [3.63, 3.8) is 0 Å². The van der Waals surface area contributed by atoms with Crippen LogP contribution in [0.15, 0.2) is 0 Å². The van der Waals surface area contributed by atoms with Gasteiger partial charge >= 0.3 is 6.09 Å². The molecule has 8 heteroatoms. The van der Waals surface area contributed by atoms with Crippen molar-refractivity contribution in [3.05, 3.63) is 0 Å². The summed E-state index contributed by atoms with van der Waals surface area (Å²) in [7, 11) is -2.23. The van der Waals surface area contributed by atoms with E-state index in [-0.39, 0.29) is 24.7 Å². The van der Waals surface area contributed by atoms with Gasteiger partial charge in [-0.25, -0.2) is 13.2 Å². The first kappa shape index (κ1) is 23.1. The average Bonchev–Trinajstić information content (AvgIpc) is 2.36. The second-order valence-electron chi connectivity index (χ2n) is 8.10. The van der Waals surface area contributed by atoms with Crippen LogP contribution in [0.5, 0.6) is 0 Å². The smallest absolute Gasteiger partial charge is 0.406 e. The first-order valence-corrected chi connectivity index (χ1v) is 9.88. The lowest BCUT2D eigenvalue weighted by Gasteiger charge is -2.40. The number of hydrogen-bond donors (Lipinski definition) is 1. The van der Waals surface area contributed by atoms with E-state index in [4.69, 9.17) is 4.74 Å². The molecule has 0 aromatic rings. The number of sulfonamides is 1. The molecule has 0 spiro atoms. The average molecular weight is 367 g/mol. The Hall–Kier alpha value is -0.860. The number of carbonyl (C=O) groups excluding carboxylic acids is 1. The molecule has 0 saturated heterocycles. The Labute approximate surface area is 147 Å². The number of hydrogen-bond acceptors (Lipinski definition) is 5. The minimum atomic E-state index is -3.50. The number of methoxy groups -OCH3 is 1. The molecule has 0 saturated carbocycles. The standard InChI is InChI=1S/C16H34N2O5S/c1-12(15(2,3)4)23-11-13(10-17-14(19)22-8)18(16(5,6)7)24(9,20)21/h12-13H,10-11H2,1-9H3,(H,17,19). The number of amides is 1. The van der Waals surface area contributed by atoms with E-state index in [1.165, 1.54) is 11.4 Å². The third kappa shape index (κ3) is 7.81. The highest BCUT2D eigenvalue weighted by Crippen LogP contribution is 2.25. The second-order valence-corrected chi connectivity index (χ2v) is 9.96. The van der Waals surface area contributed by atoms with Crippen LogP contribution in [-0.4, -0.2) is 63.0 Å². The molecule has 0 fully saturated rings. The summed E-state index contributed by atoms with van der Waals surface area (Å²) in [5, 5.41) is 2.57. The van der Waals surface area contributed by atoms with Crippen LogP contribution in [-0.2, 0) is 19.5 Å². The zero-order chi connectivity index (χ0) is 19.3. The topological polar surface area (TPSA) is 84.9 Å². The molecule has 1 amide bonds. The van der Waals surface area contributed by atoms with Gasteiger partial charge in [-0.1, -0.05) is 20.8 Å². The van der Waals surface area contributed by atoms with Crippen LogP contribution in [0.25, 0.3) is 0 Å². The van der Waals surface area contributed by atoms with Crippen molar-refractivity contribution in [3.8, 4) is 0 Å². The molecule has 0 radical (unpaired) electrons. The fraction of sp³-hybridized carbons (Fsp3) is 0.938. The Morgan fingerprint density at radius 2 is 1.67 bits per heavy atom. The lowest BCUT2D eigenvalue weighted by molar-refractivity contribution is -0.0303. The second kappa shape index (κ2) is 8.49. The van der Waals surface area contributed by atoms with Gasteiger partial charge in [0.05, 0.1) is 32.1 Å². The molecule has 24 heavy (non-hydrogen) atoms. The summed E-state index contributed by atoms with van der Waals surface area (Å²) in [6, 6.07) is -0.538. The quantitative estimate of drug-likeness (QED) is 0.747. The van der Waals surface area contributed by atoms with Crippen molar-refractivity contribution in [2.45, 2.75) is 66.2 Å². The summed E-state index contributed by atoms with van der Waals surface area (Å²) in [6.07, 6.45) is 0.488. The van der Waals surface area contributed by atoms with Crippen LogP contribution in [0.2, 0.25) is 0 Å². The minimum absolute atomic E-state index is 0.0699. The molecule has 0 aliphatic carbocycles. The summed E-state index contributed by atoms with van der Waals surface area (Å²) in [5.41, 5.74) is -0.720. The van der Waals surface area contributed by atoms with E-state index >= 15 is 0 Å². The summed E-state index contributed by atoms with van der Waals surface area (Å²) < 4.78 is 36.5. The van der Waals surface area contributed by atoms with Crippen LogP contribution < -0.4 is 5.32 Å². The molecule has 0 heterocycles. The Kier molecular flexibility index (Phi) is 8.18. The third-order valence-corrected chi connectivity index (χ3v) is 5.34. The van der Waals surface area contributed by atoms with E-state index in [0.29, 0.717) is 0 Å². The highest BCUT2D eigenvalue weighted by atomic mass is 32.2. The maximum Gasteiger partial charge on any atom is 0.406 e. The van der Waals surface area contributed by atoms with Crippen molar-refractivity contribution in [2.24, 2.45) is 5.41 Å². The zero-order valence-electron chi connectivity index (χ0n) is 16.5. The van der Waals surface area contributed by atoms with Crippen molar-refractivity contribution in [2.75, 3.05) is 26.5 Å². The third-order valence-electron chi connectivity index (χ3n) is 3.78. The van der Waals surface area contributed by atoms with Crippen LogP contribution >= 0.6 is 0 Å². The molecule has 0 aliphatic rings. The summed E-state index contributed by atoms with van der Waals surface area (Å²) in [5.74, 6) is 0. The van der Waals surface area contributed by atoms with Crippen molar-refractivity contribution in [1.29, 1.82) is 0 Å². The van der Waals surface area contributed by atoms with Crippen LogP contribution in [0.4, 0.5) is 4.79 Å². The first-order chi connectivity index (χ1) is 10.6. The van der Waals surface area contributed by atoms with E-state index in [2.05, 4.69) is 30.8 Å². The highest BCUT2D eigenvalue weighted by Gasteiger charge is 2.37. The summed E-state index contributed by atoms with van der Waals surface area (Å²) >= 11 is 0. The van der Waals surface area contributed by atoms with E-state index in [0.717, 1.165) is 6.26 Å². The molecule has 0 aliphatic heterocycles. The van der Waals surface area contributed by atoms with Crippen LogP contribution in [0, 0.1) is 5.41 Å². The molecule has 0 aromatic carbocycles. The Morgan fingerprint density at radius 1 is 1.17 bits per heavy atom. The summed E-state index contributed by atoms with van der Waals surface area (Å²) in [6.45, 7) is 13.8. The number of alkyl carbamates (subject to hydrolysis) is 1. The molecule has 0 aromatic heterocycles. The van der Waals surface area contributed by atoms with Gasteiger partial charge in [-0.05, 0) is 33.1 Å². The number of nitrogens with one attached hydrogen (secondary N) is 1. The molecule has 2 unspecified atom stereocenters. The van der Waals surface area contributed by atoms with E-state index in [1.807, 2.05) is 27.7 Å². The largest absolute Gasteiger partial charge is 0.453 e. The molecule has 1 N–H and O–H groups in total. The molecule has 2 atom stereocenters. The normalized spacial score (nSPS) is 15.9. The Bertz CT molecular complexity index is 506. The summed E-state index contributed by atoms with van der Waals surface area (Å²) in [4.78, 5) is 11.4. The predicted molar refractivity (Wildman–Crippen MR) is 95.5 cm³/mol. The fourth-order valence-electron chi connectivity index (χ4n) is 2.30. The minimum Gasteiger partial charge on any atom is -0.453 e. The SMILES string of the molecule is COC(=O)NCC(COC(C)C(C)(C)C)N(C(C)(C)C)S(C)(=O)=O.